The van der Waals surface area contributed by atoms with E-state index in [0.29, 0.717) is 16.2 Å². The lowest BCUT2D eigenvalue weighted by atomic mass is 10.1. The average molecular weight is 326 g/mol. The van der Waals surface area contributed by atoms with E-state index in [9.17, 15) is 10.2 Å². The molecule has 3 rings (SSSR count). The van der Waals surface area contributed by atoms with Crippen LogP contribution in [0.1, 0.15) is 11.1 Å². The summed E-state index contributed by atoms with van der Waals surface area (Å²) < 4.78 is 1.87. The summed E-state index contributed by atoms with van der Waals surface area (Å²) in [6, 6.07) is 12.3. The van der Waals surface area contributed by atoms with E-state index in [-0.39, 0.29) is 11.5 Å². The van der Waals surface area contributed by atoms with E-state index in [0.717, 1.165) is 11.1 Å². The van der Waals surface area contributed by atoms with Crippen LogP contribution in [0.3, 0.4) is 0 Å². The summed E-state index contributed by atoms with van der Waals surface area (Å²) in [5.74, 6) is 0.212. The first-order valence-corrected chi connectivity index (χ1v) is 7.26. The summed E-state index contributed by atoms with van der Waals surface area (Å²) in [5, 5.41) is 30.1. The van der Waals surface area contributed by atoms with E-state index in [2.05, 4.69) is 15.3 Å². The molecule has 0 unspecified atom stereocenters. The highest BCUT2D eigenvalue weighted by Gasteiger charge is 2.08. The molecule has 0 atom stereocenters. The molecule has 2 aromatic carbocycles. The number of aryl methyl sites for hydroxylation is 1. The molecule has 0 aliphatic heterocycles. The molecule has 1 aromatic heterocycles. The minimum Gasteiger partial charge on any atom is -0.504 e. The second-order valence-corrected chi connectivity index (χ2v) is 5.41. The highest BCUT2D eigenvalue weighted by molar-refractivity contribution is 7.71. The fourth-order valence-electron chi connectivity index (χ4n) is 2.11. The van der Waals surface area contributed by atoms with Gasteiger partial charge in [-0.25, -0.2) is 5.10 Å². The van der Waals surface area contributed by atoms with Gasteiger partial charge in [0.05, 0.1) is 6.21 Å². The summed E-state index contributed by atoms with van der Waals surface area (Å²) in [6.07, 6.45) is 1.53. The Morgan fingerprint density at radius 3 is 2.74 bits per heavy atom. The van der Waals surface area contributed by atoms with Gasteiger partial charge >= 0.3 is 0 Å². The molecule has 3 aromatic rings. The predicted molar refractivity (Wildman–Crippen MR) is 90.3 cm³/mol. The zero-order valence-corrected chi connectivity index (χ0v) is 13.1. The zero-order valence-electron chi connectivity index (χ0n) is 12.3. The van der Waals surface area contributed by atoms with E-state index in [4.69, 9.17) is 12.2 Å². The first-order chi connectivity index (χ1) is 11.0. The van der Waals surface area contributed by atoms with Crippen molar-refractivity contribution >= 4 is 18.4 Å². The third-order valence-corrected chi connectivity index (χ3v) is 3.51. The van der Waals surface area contributed by atoms with Crippen LogP contribution >= 0.6 is 12.2 Å². The Labute approximate surface area is 137 Å². The number of rotatable bonds is 3. The summed E-state index contributed by atoms with van der Waals surface area (Å²) in [7, 11) is 0. The monoisotopic (exact) mass is 326 g/mol. The second kappa shape index (κ2) is 6.05. The number of hydrogen-bond acceptors (Lipinski definition) is 5. The molecule has 116 valence electrons. The predicted octanol–water partition coefficient (Wildman–Crippen LogP) is 3.21. The number of nitrogens with one attached hydrogen (secondary N) is 1. The molecule has 0 aliphatic rings. The molecule has 0 bridgehead atoms. The van der Waals surface area contributed by atoms with E-state index in [1.807, 2.05) is 31.2 Å². The molecule has 0 aliphatic carbocycles. The van der Waals surface area contributed by atoms with Gasteiger partial charge in [-0.1, -0.05) is 23.8 Å². The molecular weight excluding hydrogens is 312 g/mol. The summed E-state index contributed by atoms with van der Waals surface area (Å²) >= 11 is 5.21. The molecule has 6 nitrogen and oxygen atoms in total. The van der Waals surface area contributed by atoms with Gasteiger partial charge in [-0.3, -0.25) is 0 Å². The standard InChI is InChI=1S/C16H14N4O2S/c1-10-3-2-4-12(7-10)15-18-19-16(23)20(15)17-9-11-5-6-13(21)14(22)8-11/h2-9,21-22H,1H3,(H,19,23)/b17-9+. The maximum Gasteiger partial charge on any atom is 0.216 e. The Hall–Kier alpha value is -2.93. The molecule has 0 saturated heterocycles. The summed E-state index contributed by atoms with van der Waals surface area (Å²) in [5.41, 5.74) is 2.62. The largest absolute Gasteiger partial charge is 0.504 e. The van der Waals surface area contributed by atoms with Gasteiger partial charge in [0.15, 0.2) is 17.3 Å². The van der Waals surface area contributed by atoms with Crippen LogP contribution in [0.2, 0.25) is 0 Å². The van der Waals surface area contributed by atoms with Gasteiger partial charge in [-0.05, 0) is 49.0 Å². The Bertz CT molecular complexity index is 943. The molecule has 0 spiro atoms. The number of aromatic amines is 1. The van der Waals surface area contributed by atoms with E-state index >= 15 is 0 Å². The second-order valence-electron chi connectivity index (χ2n) is 5.03. The molecular formula is C16H14N4O2S. The van der Waals surface area contributed by atoms with Crippen LogP contribution in [0.15, 0.2) is 47.6 Å². The average Bonchev–Trinajstić information content (AvgIpc) is 2.89. The first kappa shape index (κ1) is 15.0. The van der Waals surface area contributed by atoms with Gasteiger partial charge in [0.1, 0.15) is 0 Å². The molecule has 7 heteroatoms. The topological polar surface area (TPSA) is 86.4 Å². The van der Waals surface area contributed by atoms with E-state index < -0.39 is 0 Å². The number of phenolic OH excluding ortho intramolecular Hbond substituents is 2. The normalized spacial score (nSPS) is 11.2. The van der Waals surface area contributed by atoms with Crippen molar-refractivity contribution in [1.82, 2.24) is 14.9 Å². The van der Waals surface area contributed by atoms with Crippen LogP contribution in [0.5, 0.6) is 11.5 Å². The maximum atomic E-state index is 9.52. The van der Waals surface area contributed by atoms with Gasteiger partial charge < -0.3 is 10.2 Å². The summed E-state index contributed by atoms with van der Waals surface area (Å²) in [4.78, 5) is 0. The molecule has 3 N–H and O–H groups in total. The number of nitrogens with zero attached hydrogens (tertiary/aromatic N) is 3. The zero-order chi connectivity index (χ0) is 16.4. The molecule has 23 heavy (non-hydrogen) atoms. The first-order valence-electron chi connectivity index (χ1n) is 6.85. The lowest BCUT2D eigenvalue weighted by molar-refractivity contribution is 0.403. The van der Waals surface area contributed by atoms with Crippen molar-refractivity contribution in [2.75, 3.05) is 0 Å². The number of aromatic nitrogens is 3. The van der Waals surface area contributed by atoms with E-state index in [1.165, 1.54) is 23.0 Å². The van der Waals surface area contributed by atoms with Crippen LogP contribution in [-0.4, -0.2) is 31.3 Å². The lowest BCUT2D eigenvalue weighted by Gasteiger charge is -2.02. The Kier molecular flexibility index (Phi) is 3.94. The smallest absolute Gasteiger partial charge is 0.216 e. The number of hydrogen-bond donors (Lipinski definition) is 3. The molecule has 0 saturated carbocycles. The SMILES string of the molecule is Cc1cccc(-c2n[nH]c(=S)n2/N=C/c2ccc(O)c(O)c2)c1. The van der Waals surface area contributed by atoms with Gasteiger partial charge in [0, 0.05) is 5.56 Å². The molecule has 0 radical (unpaired) electrons. The molecule has 0 amide bonds. The highest BCUT2D eigenvalue weighted by atomic mass is 32.1. The Morgan fingerprint density at radius 2 is 2.00 bits per heavy atom. The third-order valence-electron chi connectivity index (χ3n) is 3.25. The van der Waals surface area contributed by atoms with Crippen molar-refractivity contribution in [3.8, 4) is 22.9 Å². The summed E-state index contributed by atoms with van der Waals surface area (Å²) in [6.45, 7) is 2.00. The quantitative estimate of drug-likeness (QED) is 0.392. The van der Waals surface area contributed by atoms with Crippen molar-refractivity contribution in [1.29, 1.82) is 0 Å². The highest BCUT2D eigenvalue weighted by Crippen LogP contribution is 2.24. The number of phenols is 2. The number of aromatic hydroxyl groups is 2. The number of benzene rings is 2. The van der Waals surface area contributed by atoms with Crippen molar-refractivity contribution in [2.24, 2.45) is 5.10 Å². The Morgan fingerprint density at radius 1 is 1.17 bits per heavy atom. The Balaban J connectivity index is 2.00. The van der Waals surface area contributed by atoms with Crippen molar-refractivity contribution in [2.45, 2.75) is 6.92 Å². The van der Waals surface area contributed by atoms with Gasteiger partial charge in [-0.15, -0.1) is 0 Å². The third kappa shape index (κ3) is 3.14. The van der Waals surface area contributed by atoms with Crippen LogP contribution in [0.25, 0.3) is 11.4 Å². The van der Waals surface area contributed by atoms with Crippen LogP contribution < -0.4 is 0 Å². The van der Waals surface area contributed by atoms with Crippen molar-refractivity contribution in [3.05, 3.63) is 58.4 Å². The van der Waals surface area contributed by atoms with Crippen LogP contribution in [-0.2, 0) is 0 Å². The molecule has 0 fully saturated rings. The van der Waals surface area contributed by atoms with Gasteiger partial charge in [0.2, 0.25) is 4.77 Å². The van der Waals surface area contributed by atoms with Crippen molar-refractivity contribution in [3.63, 3.8) is 0 Å². The van der Waals surface area contributed by atoms with Crippen LogP contribution in [0, 0.1) is 11.7 Å². The van der Waals surface area contributed by atoms with Gasteiger partial charge in [-0.2, -0.15) is 14.9 Å². The fraction of sp³-hybridized carbons (Fsp3) is 0.0625. The molecule has 1 heterocycles. The lowest BCUT2D eigenvalue weighted by Crippen LogP contribution is -1.95. The fourth-order valence-corrected chi connectivity index (χ4v) is 2.29. The van der Waals surface area contributed by atoms with Gasteiger partial charge in [0.25, 0.3) is 0 Å². The minimum absolute atomic E-state index is 0.178. The van der Waals surface area contributed by atoms with E-state index in [1.54, 1.807) is 6.07 Å². The minimum atomic E-state index is -0.205. The number of H-pyrrole nitrogens is 1. The maximum absolute atomic E-state index is 9.52. The van der Waals surface area contributed by atoms with Crippen LogP contribution in [0.4, 0.5) is 0 Å². The van der Waals surface area contributed by atoms with Crippen molar-refractivity contribution < 1.29 is 10.2 Å².